The summed E-state index contributed by atoms with van der Waals surface area (Å²) in [5.41, 5.74) is 21.5. The Balaban J connectivity index is 3.01. The summed E-state index contributed by atoms with van der Waals surface area (Å²) in [5, 5.41) is 16.6. The average Bonchev–Trinajstić information content (AvgIpc) is 3.30. The molecular formula is C19H32N10O6. The second-order valence-corrected chi connectivity index (χ2v) is 7.52. The number of carboxylic acids is 1. The highest BCUT2D eigenvalue weighted by Crippen LogP contribution is 2.05. The Kier molecular flexibility index (Phi) is 12.2. The monoisotopic (exact) mass is 496 g/mol. The number of nitrogens with one attached hydrogen (secondary N) is 4. The normalized spacial score (nSPS) is 13.1. The smallest absolute Gasteiger partial charge is 0.326 e. The molecular weight excluding hydrogens is 464 g/mol. The second kappa shape index (κ2) is 14.8. The number of carbonyl (C=O) groups is 5. The summed E-state index contributed by atoms with van der Waals surface area (Å²) in [5.74, 6) is -4.40. The standard InChI is InChI=1S/C19H32N10O6/c20-7-15(31)27-13(6-10-8-24-9-26-10)17(33)28-11(2-1-5-25-19(22)23)16(32)29-12(18(34)35)3-4-14(21)30/h8-9,11-13H,1-7,20H2,(H2,21,30)(H,24,26)(H,27,31)(H,28,33)(H,29,32)(H,34,35)(H4,22,23,25). The van der Waals surface area contributed by atoms with E-state index < -0.39 is 47.7 Å². The first-order chi connectivity index (χ1) is 16.5. The van der Waals surface area contributed by atoms with E-state index in [9.17, 15) is 29.1 Å². The van der Waals surface area contributed by atoms with E-state index in [-0.39, 0.29) is 51.2 Å². The summed E-state index contributed by atoms with van der Waals surface area (Å²) in [7, 11) is 0. The van der Waals surface area contributed by atoms with Crippen LogP contribution in [0.15, 0.2) is 17.5 Å². The summed E-state index contributed by atoms with van der Waals surface area (Å²) in [6, 6.07) is -3.72. The molecule has 0 aliphatic rings. The van der Waals surface area contributed by atoms with E-state index in [1.165, 1.54) is 12.5 Å². The Morgan fingerprint density at radius 1 is 1.00 bits per heavy atom. The van der Waals surface area contributed by atoms with E-state index in [0.717, 1.165) is 0 Å². The predicted octanol–water partition coefficient (Wildman–Crippen LogP) is -4.23. The maximum Gasteiger partial charge on any atom is 0.326 e. The van der Waals surface area contributed by atoms with Gasteiger partial charge in [-0.25, -0.2) is 9.78 Å². The molecule has 0 spiro atoms. The van der Waals surface area contributed by atoms with Gasteiger partial charge in [-0.2, -0.15) is 0 Å². The zero-order valence-electron chi connectivity index (χ0n) is 19.0. The minimum atomic E-state index is -1.41. The number of hydrogen-bond acceptors (Lipinski definition) is 8. The number of aliphatic imine (C=N–C) groups is 1. The van der Waals surface area contributed by atoms with Crippen molar-refractivity contribution in [3.8, 4) is 0 Å². The topological polar surface area (TPSA) is 287 Å². The molecule has 1 rings (SSSR count). The van der Waals surface area contributed by atoms with Gasteiger partial charge in [0.2, 0.25) is 23.6 Å². The molecule has 0 radical (unpaired) electrons. The molecule has 3 unspecified atom stereocenters. The lowest BCUT2D eigenvalue weighted by Gasteiger charge is -2.24. The van der Waals surface area contributed by atoms with E-state index in [4.69, 9.17) is 22.9 Å². The number of aliphatic carboxylic acids is 1. The molecule has 0 bridgehead atoms. The minimum absolute atomic E-state index is 0.0241. The van der Waals surface area contributed by atoms with Gasteiger partial charge in [0.05, 0.1) is 12.9 Å². The summed E-state index contributed by atoms with van der Waals surface area (Å²) < 4.78 is 0. The number of rotatable bonds is 16. The van der Waals surface area contributed by atoms with Gasteiger partial charge < -0.3 is 49.0 Å². The van der Waals surface area contributed by atoms with Crippen LogP contribution < -0.4 is 38.9 Å². The molecule has 1 aromatic heterocycles. The number of nitrogens with zero attached hydrogens (tertiary/aromatic N) is 2. The summed E-state index contributed by atoms with van der Waals surface area (Å²) in [6.45, 7) is -0.219. The van der Waals surface area contributed by atoms with Crippen molar-refractivity contribution in [2.45, 2.75) is 50.2 Å². The first-order valence-electron chi connectivity index (χ1n) is 10.7. The Morgan fingerprint density at radius 2 is 1.66 bits per heavy atom. The second-order valence-electron chi connectivity index (χ2n) is 7.52. The van der Waals surface area contributed by atoms with E-state index in [1.807, 2.05) is 0 Å². The number of aromatic nitrogens is 2. The predicted molar refractivity (Wildman–Crippen MR) is 123 cm³/mol. The van der Waals surface area contributed by atoms with Crippen molar-refractivity contribution >= 4 is 35.6 Å². The number of hydrogen-bond donors (Lipinski definition) is 9. The zero-order valence-corrected chi connectivity index (χ0v) is 19.0. The van der Waals surface area contributed by atoms with Crippen molar-refractivity contribution in [2.24, 2.45) is 27.9 Å². The highest BCUT2D eigenvalue weighted by Gasteiger charge is 2.29. The van der Waals surface area contributed by atoms with Crippen molar-refractivity contribution < 1.29 is 29.1 Å². The highest BCUT2D eigenvalue weighted by atomic mass is 16.4. The average molecular weight is 497 g/mol. The van der Waals surface area contributed by atoms with Crippen LogP contribution in [0.4, 0.5) is 0 Å². The van der Waals surface area contributed by atoms with Crippen LogP contribution in [0.2, 0.25) is 0 Å². The number of nitrogens with two attached hydrogens (primary N) is 4. The molecule has 0 fully saturated rings. The van der Waals surface area contributed by atoms with Crippen LogP contribution in [0, 0.1) is 0 Å². The molecule has 16 heteroatoms. The number of carboxylic acid groups (broad SMARTS) is 1. The summed E-state index contributed by atoms with van der Waals surface area (Å²) >= 11 is 0. The molecule has 13 N–H and O–H groups in total. The van der Waals surface area contributed by atoms with Crippen LogP contribution in [-0.4, -0.2) is 81.8 Å². The lowest BCUT2D eigenvalue weighted by Crippen LogP contribution is -2.56. The molecule has 16 nitrogen and oxygen atoms in total. The van der Waals surface area contributed by atoms with Crippen LogP contribution in [0.3, 0.4) is 0 Å². The number of H-pyrrole nitrogens is 1. The molecule has 35 heavy (non-hydrogen) atoms. The Morgan fingerprint density at radius 3 is 2.20 bits per heavy atom. The molecule has 3 atom stereocenters. The van der Waals surface area contributed by atoms with Gasteiger partial charge in [0, 0.05) is 31.3 Å². The molecule has 0 saturated carbocycles. The van der Waals surface area contributed by atoms with Gasteiger partial charge in [0.15, 0.2) is 5.96 Å². The van der Waals surface area contributed by atoms with Gasteiger partial charge in [0.1, 0.15) is 18.1 Å². The third-order valence-corrected chi connectivity index (χ3v) is 4.69. The number of aromatic amines is 1. The van der Waals surface area contributed by atoms with Crippen molar-refractivity contribution in [1.82, 2.24) is 25.9 Å². The van der Waals surface area contributed by atoms with E-state index in [2.05, 4.69) is 30.9 Å². The first kappa shape index (κ1) is 28.8. The Labute approximate surface area is 200 Å². The largest absolute Gasteiger partial charge is 0.480 e. The minimum Gasteiger partial charge on any atom is -0.480 e. The molecule has 0 aliphatic heterocycles. The zero-order chi connectivity index (χ0) is 26.4. The number of carbonyl (C=O) groups excluding carboxylic acids is 4. The number of amides is 4. The van der Waals surface area contributed by atoms with Crippen LogP contribution in [0.25, 0.3) is 0 Å². The fourth-order valence-corrected chi connectivity index (χ4v) is 2.94. The van der Waals surface area contributed by atoms with Crippen molar-refractivity contribution in [2.75, 3.05) is 13.1 Å². The summed E-state index contributed by atoms with van der Waals surface area (Å²) in [4.78, 5) is 70.7. The van der Waals surface area contributed by atoms with E-state index >= 15 is 0 Å². The quantitative estimate of drug-likeness (QED) is 0.0603. The van der Waals surface area contributed by atoms with E-state index in [1.54, 1.807) is 0 Å². The maximum absolute atomic E-state index is 13.0. The third-order valence-electron chi connectivity index (χ3n) is 4.69. The van der Waals surface area contributed by atoms with Gasteiger partial charge >= 0.3 is 5.97 Å². The Hall–Kier alpha value is -4.21. The SMILES string of the molecule is NCC(=O)NC(Cc1cnc[nH]1)C(=O)NC(CCCN=C(N)N)C(=O)NC(CCC(N)=O)C(=O)O. The fourth-order valence-electron chi connectivity index (χ4n) is 2.94. The molecule has 0 saturated heterocycles. The van der Waals surface area contributed by atoms with Gasteiger partial charge in [-0.15, -0.1) is 0 Å². The van der Waals surface area contributed by atoms with Crippen molar-refractivity contribution in [3.05, 3.63) is 18.2 Å². The van der Waals surface area contributed by atoms with Crippen LogP contribution in [0.1, 0.15) is 31.4 Å². The summed E-state index contributed by atoms with van der Waals surface area (Å²) in [6.07, 6.45) is 2.68. The number of imidazole rings is 1. The van der Waals surface area contributed by atoms with Gasteiger partial charge in [-0.3, -0.25) is 24.2 Å². The van der Waals surface area contributed by atoms with E-state index in [0.29, 0.717) is 5.69 Å². The van der Waals surface area contributed by atoms with Crippen molar-refractivity contribution in [1.29, 1.82) is 0 Å². The Bertz CT molecular complexity index is 900. The lowest BCUT2D eigenvalue weighted by atomic mass is 10.1. The molecule has 1 aromatic rings. The molecule has 0 aliphatic carbocycles. The molecule has 194 valence electrons. The lowest BCUT2D eigenvalue weighted by molar-refractivity contribution is -0.142. The van der Waals surface area contributed by atoms with Gasteiger partial charge in [-0.1, -0.05) is 0 Å². The van der Waals surface area contributed by atoms with Gasteiger partial charge in [0.25, 0.3) is 0 Å². The fraction of sp³-hybridized carbons (Fsp3) is 0.526. The van der Waals surface area contributed by atoms with Gasteiger partial charge in [-0.05, 0) is 19.3 Å². The van der Waals surface area contributed by atoms with Crippen LogP contribution in [-0.2, 0) is 30.4 Å². The maximum atomic E-state index is 13.0. The van der Waals surface area contributed by atoms with Crippen LogP contribution >= 0.6 is 0 Å². The molecule has 1 heterocycles. The first-order valence-corrected chi connectivity index (χ1v) is 10.7. The third kappa shape index (κ3) is 11.5. The molecule has 4 amide bonds. The molecule has 0 aromatic carbocycles. The number of primary amides is 1. The van der Waals surface area contributed by atoms with Crippen LogP contribution in [0.5, 0.6) is 0 Å². The highest BCUT2D eigenvalue weighted by molar-refractivity contribution is 5.93. The van der Waals surface area contributed by atoms with Crippen molar-refractivity contribution in [3.63, 3.8) is 0 Å². The number of guanidine groups is 1.